The van der Waals surface area contributed by atoms with Gasteiger partial charge in [0.15, 0.2) is 0 Å². The monoisotopic (exact) mass is 580 g/mol. The van der Waals surface area contributed by atoms with Crippen molar-refractivity contribution in [2.45, 2.75) is 62.8 Å². The molecule has 0 unspecified atom stereocenters. The molecule has 1 aliphatic carbocycles. The third-order valence-corrected chi connectivity index (χ3v) is 10.3. The van der Waals surface area contributed by atoms with Gasteiger partial charge in [0.25, 0.3) is 0 Å². The number of unbranched alkanes of at least 4 members (excludes halogenated alkanes) is 1. The Bertz CT molecular complexity index is 1510. The molecule has 1 N–H and O–H groups in total. The van der Waals surface area contributed by atoms with Crippen LogP contribution in [0.1, 0.15) is 62.2 Å². The number of ether oxygens (including phenoxy) is 1. The zero-order valence-corrected chi connectivity index (χ0v) is 24.4. The number of benzene rings is 3. The zero-order chi connectivity index (χ0) is 29.1. The Balaban J connectivity index is 1.74. The number of carboxylic acids is 1. The number of fused-ring (bicyclic) bond motifs is 1. The van der Waals surface area contributed by atoms with E-state index >= 15 is 0 Å². The van der Waals surface area contributed by atoms with E-state index in [9.17, 15) is 22.7 Å². The molecular formula is C32H37FN2O5S. The number of hydrogen-bond donors (Lipinski definition) is 1. The largest absolute Gasteiger partial charge is 0.493 e. The van der Waals surface area contributed by atoms with Gasteiger partial charge in [-0.2, -0.15) is 4.31 Å². The smallest absolute Gasteiger partial charge is 0.338 e. The van der Waals surface area contributed by atoms with Gasteiger partial charge in [0.2, 0.25) is 10.0 Å². The van der Waals surface area contributed by atoms with Gasteiger partial charge in [-0.25, -0.2) is 17.6 Å². The van der Waals surface area contributed by atoms with Crippen LogP contribution in [-0.2, 0) is 10.0 Å². The first-order chi connectivity index (χ1) is 19.7. The van der Waals surface area contributed by atoms with E-state index in [-0.39, 0.29) is 16.9 Å². The van der Waals surface area contributed by atoms with Crippen molar-refractivity contribution in [3.05, 3.63) is 72.0 Å². The van der Waals surface area contributed by atoms with E-state index in [2.05, 4.69) is 4.90 Å². The molecule has 3 aromatic rings. The van der Waals surface area contributed by atoms with Crippen molar-refractivity contribution in [2.24, 2.45) is 5.92 Å². The fourth-order valence-corrected chi connectivity index (χ4v) is 7.65. The fraction of sp³-hybridized carbons (Fsp3) is 0.406. The lowest BCUT2D eigenvalue weighted by atomic mass is 9.83. The minimum Gasteiger partial charge on any atom is -0.493 e. The average molecular weight is 581 g/mol. The Hall–Kier alpha value is -3.43. The van der Waals surface area contributed by atoms with Gasteiger partial charge in [0.05, 0.1) is 17.9 Å². The number of para-hydroxylation sites is 1. The number of sulfonamides is 1. The Morgan fingerprint density at radius 1 is 1.05 bits per heavy atom. The van der Waals surface area contributed by atoms with E-state index < -0.39 is 27.4 Å². The van der Waals surface area contributed by atoms with Crippen molar-refractivity contribution in [2.75, 3.05) is 25.1 Å². The van der Waals surface area contributed by atoms with Crippen LogP contribution >= 0.6 is 0 Å². The molecule has 1 atom stereocenters. The number of halogens is 1. The second kappa shape index (κ2) is 12.2. The third kappa shape index (κ3) is 5.83. The van der Waals surface area contributed by atoms with E-state index in [0.29, 0.717) is 35.7 Å². The van der Waals surface area contributed by atoms with Gasteiger partial charge in [-0.1, -0.05) is 56.9 Å². The average Bonchev–Trinajstić information content (AvgIpc) is 3.06. The van der Waals surface area contributed by atoms with E-state index in [1.165, 1.54) is 22.9 Å². The van der Waals surface area contributed by atoms with Crippen molar-refractivity contribution < 1.29 is 27.4 Å². The fourth-order valence-electron chi connectivity index (χ4n) is 6.05. The third-order valence-electron chi connectivity index (χ3n) is 8.37. The van der Waals surface area contributed by atoms with Gasteiger partial charge in [-0.3, -0.25) is 0 Å². The lowest BCUT2D eigenvalue weighted by molar-refractivity contribution is 0.0692. The molecule has 5 rings (SSSR count). The molecule has 218 valence electrons. The van der Waals surface area contributed by atoms with Crippen LogP contribution in [0.3, 0.4) is 0 Å². The van der Waals surface area contributed by atoms with Crippen LogP contribution in [0.2, 0.25) is 0 Å². The summed E-state index contributed by atoms with van der Waals surface area (Å²) in [5, 5.41) is 9.56. The van der Waals surface area contributed by atoms with Gasteiger partial charge in [-0.05, 0) is 61.1 Å². The normalized spacial score (nSPS) is 19.4. The van der Waals surface area contributed by atoms with Crippen LogP contribution in [0.25, 0.3) is 11.1 Å². The molecule has 1 fully saturated rings. The molecule has 0 spiro atoms. The molecule has 41 heavy (non-hydrogen) atoms. The predicted octanol–water partition coefficient (Wildman–Crippen LogP) is 7.09. The summed E-state index contributed by atoms with van der Waals surface area (Å²) in [7, 11) is -2.29. The number of rotatable bonds is 8. The van der Waals surface area contributed by atoms with Gasteiger partial charge < -0.3 is 14.7 Å². The maximum absolute atomic E-state index is 14.3. The van der Waals surface area contributed by atoms with Gasteiger partial charge in [-0.15, -0.1) is 0 Å². The van der Waals surface area contributed by atoms with Crippen LogP contribution in [-0.4, -0.2) is 50.0 Å². The maximum atomic E-state index is 14.3. The zero-order valence-electron chi connectivity index (χ0n) is 23.6. The van der Waals surface area contributed by atoms with Gasteiger partial charge in [0, 0.05) is 37.0 Å². The highest BCUT2D eigenvalue weighted by Crippen LogP contribution is 2.45. The molecule has 0 bridgehead atoms. The maximum Gasteiger partial charge on any atom is 0.338 e. The van der Waals surface area contributed by atoms with Crippen LogP contribution in [0.5, 0.6) is 5.75 Å². The molecule has 1 aliphatic heterocycles. The summed E-state index contributed by atoms with van der Waals surface area (Å²) in [6, 6.07) is 16.6. The summed E-state index contributed by atoms with van der Waals surface area (Å²) in [5.41, 5.74) is 1.68. The Labute approximate surface area is 241 Å². The molecule has 1 saturated carbocycles. The van der Waals surface area contributed by atoms with Crippen LogP contribution in [0.4, 0.5) is 15.8 Å². The minimum atomic E-state index is -3.96. The molecular weight excluding hydrogens is 543 g/mol. The van der Waals surface area contributed by atoms with Crippen LogP contribution in [0, 0.1) is 11.7 Å². The second-order valence-corrected chi connectivity index (χ2v) is 12.9. The van der Waals surface area contributed by atoms with E-state index in [1.54, 1.807) is 19.2 Å². The Morgan fingerprint density at radius 2 is 1.78 bits per heavy atom. The number of carboxylic acid groups (broad SMARTS) is 1. The first kappa shape index (κ1) is 29.1. The van der Waals surface area contributed by atoms with E-state index in [1.807, 2.05) is 37.3 Å². The highest BCUT2D eigenvalue weighted by atomic mass is 32.2. The number of anilines is 2. The Kier molecular flexibility index (Phi) is 8.66. The van der Waals surface area contributed by atoms with E-state index in [0.717, 1.165) is 50.3 Å². The van der Waals surface area contributed by atoms with E-state index in [4.69, 9.17) is 4.74 Å². The molecule has 3 aromatic carbocycles. The standard InChI is InChI=1S/C32H37FN2O5S/c1-3-4-17-40-30-20-28-31(19-25(30)23-15-16-27(33)26(18-23)32(36)37)41(38,39)34(2)29(22-11-7-5-8-12-22)21-35(28)24-13-9-6-10-14-24/h6,9-10,13-16,18-20,22,29H,3-5,7-8,11-12,17,21H2,1-2H3,(H,36,37)/t29-/m0/s1. The molecule has 9 heteroatoms. The summed E-state index contributed by atoms with van der Waals surface area (Å²) >= 11 is 0. The summed E-state index contributed by atoms with van der Waals surface area (Å²) in [4.78, 5) is 13.9. The van der Waals surface area contributed by atoms with Crippen molar-refractivity contribution in [3.8, 4) is 16.9 Å². The molecule has 0 radical (unpaired) electrons. The highest BCUT2D eigenvalue weighted by Gasteiger charge is 2.41. The van der Waals surface area contributed by atoms with Crippen molar-refractivity contribution in [1.82, 2.24) is 4.31 Å². The summed E-state index contributed by atoms with van der Waals surface area (Å²) in [6.45, 7) is 2.94. The van der Waals surface area contributed by atoms with Crippen LogP contribution < -0.4 is 9.64 Å². The van der Waals surface area contributed by atoms with Gasteiger partial charge >= 0.3 is 5.97 Å². The lowest BCUT2D eigenvalue weighted by Crippen LogP contribution is -2.46. The molecule has 7 nitrogen and oxygen atoms in total. The lowest BCUT2D eigenvalue weighted by Gasteiger charge is -2.36. The molecule has 0 aromatic heterocycles. The SMILES string of the molecule is CCCCOc1cc2c(cc1-c1ccc(F)c(C(=O)O)c1)S(=O)(=O)N(C)[C@H](C1CCCCC1)CN2c1ccccc1. The quantitative estimate of drug-likeness (QED) is 0.286. The Morgan fingerprint density at radius 3 is 2.46 bits per heavy atom. The van der Waals surface area contributed by atoms with Crippen LogP contribution in [0.15, 0.2) is 65.6 Å². The van der Waals surface area contributed by atoms with Crippen molar-refractivity contribution >= 4 is 27.4 Å². The molecule has 2 aliphatic rings. The molecule has 1 heterocycles. The minimum absolute atomic E-state index is 0.112. The number of nitrogens with zero attached hydrogens (tertiary/aromatic N) is 2. The number of hydrogen-bond acceptors (Lipinski definition) is 5. The first-order valence-electron chi connectivity index (χ1n) is 14.4. The molecule has 0 amide bonds. The predicted molar refractivity (Wildman–Crippen MR) is 158 cm³/mol. The number of likely N-dealkylation sites (N-methyl/N-ethyl adjacent to an activating group) is 1. The van der Waals surface area contributed by atoms with Gasteiger partial charge in [0.1, 0.15) is 16.5 Å². The topological polar surface area (TPSA) is 87.1 Å². The summed E-state index contributed by atoms with van der Waals surface area (Å²) < 4.78 is 50.8. The van der Waals surface area contributed by atoms with Crippen molar-refractivity contribution in [1.29, 1.82) is 0 Å². The summed E-state index contributed by atoms with van der Waals surface area (Å²) in [5.74, 6) is -1.60. The highest BCUT2D eigenvalue weighted by molar-refractivity contribution is 7.89. The first-order valence-corrected chi connectivity index (χ1v) is 15.8. The number of carbonyl (C=O) groups is 1. The number of aromatic carboxylic acids is 1. The second-order valence-electron chi connectivity index (χ2n) is 11.0. The summed E-state index contributed by atoms with van der Waals surface area (Å²) in [6.07, 6.45) is 6.99. The van der Waals surface area contributed by atoms with Crippen molar-refractivity contribution in [3.63, 3.8) is 0 Å². The molecule has 0 saturated heterocycles.